The molecule has 1 aromatic rings. The van der Waals surface area contributed by atoms with Crippen LogP contribution in [0.5, 0.6) is 0 Å². The Bertz CT molecular complexity index is 578. The van der Waals surface area contributed by atoms with E-state index in [1.807, 2.05) is 0 Å². The van der Waals surface area contributed by atoms with E-state index in [1.54, 1.807) is 29.2 Å². The third-order valence-electron chi connectivity index (χ3n) is 3.85. The molecule has 110 valence electrons. The Kier molecular flexibility index (Phi) is 3.47. The Morgan fingerprint density at radius 2 is 1.86 bits per heavy atom. The van der Waals surface area contributed by atoms with Crippen LogP contribution in [-0.4, -0.2) is 59.9 Å². The average molecular weight is 288 g/mol. The minimum absolute atomic E-state index is 0.0225. The lowest BCUT2D eigenvalue weighted by atomic mass is 10.1. The number of rotatable bonds is 2. The molecule has 2 aliphatic heterocycles. The molecule has 1 unspecified atom stereocenters. The summed E-state index contributed by atoms with van der Waals surface area (Å²) in [4.78, 5) is 38.8. The quantitative estimate of drug-likeness (QED) is 0.745. The second-order valence-electron chi connectivity index (χ2n) is 5.22. The van der Waals surface area contributed by atoms with Gasteiger partial charge in [-0.25, -0.2) is 0 Å². The molecule has 6 heteroatoms. The lowest BCUT2D eigenvalue weighted by molar-refractivity contribution is -0.136. The van der Waals surface area contributed by atoms with Crippen LogP contribution in [0.2, 0.25) is 0 Å². The summed E-state index contributed by atoms with van der Waals surface area (Å²) in [6.07, 6.45) is -0.329. The number of amides is 3. The highest BCUT2D eigenvalue weighted by Gasteiger charge is 2.37. The van der Waals surface area contributed by atoms with Gasteiger partial charge >= 0.3 is 0 Å². The zero-order valence-corrected chi connectivity index (χ0v) is 11.7. The minimum Gasteiger partial charge on any atom is -0.373 e. The normalized spacial score (nSPS) is 21.7. The molecule has 3 rings (SSSR count). The third-order valence-corrected chi connectivity index (χ3v) is 3.85. The molecule has 0 bridgehead atoms. The van der Waals surface area contributed by atoms with E-state index < -0.39 is 0 Å². The number of morpholine rings is 1. The largest absolute Gasteiger partial charge is 0.373 e. The smallest absolute Gasteiger partial charge is 0.261 e. The molecule has 1 saturated heterocycles. The van der Waals surface area contributed by atoms with Crippen LogP contribution in [0.15, 0.2) is 24.3 Å². The molecular weight excluding hydrogens is 272 g/mol. The van der Waals surface area contributed by atoms with Crippen molar-refractivity contribution < 1.29 is 19.1 Å². The monoisotopic (exact) mass is 288 g/mol. The Hall–Kier alpha value is -2.21. The van der Waals surface area contributed by atoms with Crippen LogP contribution in [0.25, 0.3) is 0 Å². The van der Waals surface area contributed by atoms with Crippen LogP contribution in [0.1, 0.15) is 27.6 Å². The summed E-state index contributed by atoms with van der Waals surface area (Å²) in [5.41, 5.74) is 0.864. The van der Waals surface area contributed by atoms with E-state index >= 15 is 0 Å². The van der Waals surface area contributed by atoms with E-state index in [4.69, 9.17) is 4.74 Å². The van der Waals surface area contributed by atoms with Gasteiger partial charge in [0.2, 0.25) is 5.91 Å². The van der Waals surface area contributed by atoms with Gasteiger partial charge in [-0.3, -0.25) is 19.3 Å². The Morgan fingerprint density at radius 1 is 1.24 bits per heavy atom. The van der Waals surface area contributed by atoms with Crippen LogP contribution in [-0.2, 0) is 9.53 Å². The maximum atomic E-state index is 12.3. The molecule has 0 saturated carbocycles. The fraction of sp³-hybridized carbons (Fsp3) is 0.400. The summed E-state index contributed by atoms with van der Waals surface area (Å²) in [6, 6.07) is 6.78. The second-order valence-corrected chi connectivity index (χ2v) is 5.22. The maximum absolute atomic E-state index is 12.3. The van der Waals surface area contributed by atoms with Crippen LogP contribution in [0.4, 0.5) is 0 Å². The number of carbonyl (C=O) groups excluding carboxylic acids is 3. The van der Waals surface area contributed by atoms with Crippen molar-refractivity contribution in [1.82, 2.24) is 9.80 Å². The summed E-state index contributed by atoms with van der Waals surface area (Å²) < 4.78 is 5.58. The number of hydrogen-bond donors (Lipinski definition) is 0. The first-order valence-electron chi connectivity index (χ1n) is 6.90. The van der Waals surface area contributed by atoms with Gasteiger partial charge in [-0.05, 0) is 12.1 Å². The van der Waals surface area contributed by atoms with Gasteiger partial charge in [0.15, 0.2) is 0 Å². The van der Waals surface area contributed by atoms with Crippen molar-refractivity contribution in [3.05, 3.63) is 35.4 Å². The first-order valence-corrected chi connectivity index (χ1v) is 6.90. The number of hydrogen-bond acceptors (Lipinski definition) is 4. The molecule has 0 radical (unpaired) electrons. The minimum atomic E-state index is -0.329. The van der Waals surface area contributed by atoms with Crippen LogP contribution >= 0.6 is 0 Å². The SMILES string of the molecule is CC(=O)N1CCOC(CN2C(=O)c3ccccc3C2=O)C1. The molecule has 3 amide bonds. The van der Waals surface area contributed by atoms with Crippen molar-refractivity contribution in [2.24, 2.45) is 0 Å². The van der Waals surface area contributed by atoms with Gasteiger partial charge < -0.3 is 9.64 Å². The summed E-state index contributed by atoms with van der Waals surface area (Å²) >= 11 is 0. The highest BCUT2D eigenvalue weighted by Crippen LogP contribution is 2.23. The predicted molar refractivity (Wildman–Crippen MR) is 73.8 cm³/mol. The van der Waals surface area contributed by atoms with E-state index in [0.717, 1.165) is 0 Å². The summed E-state index contributed by atoms with van der Waals surface area (Å²) in [5, 5.41) is 0. The molecule has 1 atom stereocenters. The fourth-order valence-electron chi connectivity index (χ4n) is 2.72. The molecule has 21 heavy (non-hydrogen) atoms. The molecule has 0 aromatic heterocycles. The molecule has 1 aromatic carbocycles. The number of ether oxygens (including phenoxy) is 1. The zero-order chi connectivity index (χ0) is 15.0. The van der Waals surface area contributed by atoms with Gasteiger partial charge in [0, 0.05) is 20.0 Å². The number of fused-ring (bicyclic) bond motifs is 1. The van der Waals surface area contributed by atoms with Crippen molar-refractivity contribution in [1.29, 1.82) is 0 Å². The van der Waals surface area contributed by atoms with Crippen LogP contribution in [0, 0.1) is 0 Å². The van der Waals surface area contributed by atoms with E-state index in [1.165, 1.54) is 11.8 Å². The van der Waals surface area contributed by atoms with Gasteiger partial charge in [-0.2, -0.15) is 0 Å². The predicted octanol–water partition coefficient (Wildman–Crippen LogP) is 0.530. The molecule has 0 spiro atoms. The Balaban J connectivity index is 1.73. The number of nitrogens with zero attached hydrogens (tertiary/aromatic N) is 2. The summed E-state index contributed by atoms with van der Waals surface area (Å²) in [6.45, 7) is 3.06. The second kappa shape index (κ2) is 5.29. The third kappa shape index (κ3) is 2.42. The molecular formula is C15H16N2O4. The highest BCUT2D eigenvalue weighted by atomic mass is 16.5. The number of benzene rings is 1. The van der Waals surface area contributed by atoms with E-state index in [2.05, 4.69) is 0 Å². The molecule has 6 nitrogen and oxygen atoms in total. The molecule has 2 aliphatic rings. The highest BCUT2D eigenvalue weighted by molar-refractivity contribution is 6.21. The molecule has 1 fully saturated rings. The fourth-order valence-corrected chi connectivity index (χ4v) is 2.72. The van der Waals surface area contributed by atoms with E-state index in [-0.39, 0.29) is 30.4 Å². The summed E-state index contributed by atoms with van der Waals surface area (Å²) in [7, 11) is 0. The van der Waals surface area contributed by atoms with Crippen LogP contribution in [0.3, 0.4) is 0 Å². The van der Waals surface area contributed by atoms with Crippen molar-refractivity contribution in [3.63, 3.8) is 0 Å². The first-order chi connectivity index (χ1) is 10.1. The number of imide groups is 1. The van der Waals surface area contributed by atoms with Crippen LogP contribution < -0.4 is 0 Å². The van der Waals surface area contributed by atoms with Gasteiger partial charge in [0.1, 0.15) is 0 Å². The Labute approximate surface area is 122 Å². The zero-order valence-electron chi connectivity index (χ0n) is 11.7. The van der Waals surface area contributed by atoms with Gasteiger partial charge in [0.25, 0.3) is 11.8 Å². The van der Waals surface area contributed by atoms with Gasteiger partial charge in [-0.1, -0.05) is 12.1 Å². The number of carbonyl (C=O) groups is 3. The Morgan fingerprint density at radius 3 is 2.43 bits per heavy atom. The maximum Gasteiger partial charge on any atom is 0.261 e. The molecule has 0 N–H and O–H groups in total. The lowest BCUT2D eigenvalue weighted by Crippen LogP contribution is -2.50. The van der Waals surface area contributed by atoms with Crippen molar-refractivity contribution in [2.45, 2.75) is 13.0 Å². The van der Waals surface area contributed by atoms with Gasteiger partial charge in [0.05, 0.1) is 30.4 Å². The standard InChI is InChI=1S/C15H16N2O4/c1-10(18)16-6-7-21-11(8-16)9-17-14(19)12-4-2-3-5-13(12)15(17)20/h2-5,11H,6-9H2,1H3. The average Bonchev–Trinajstić information content (AvgIpc) is 2.73. The van der Waals surface area contributed by atoms with Crippen molar-refractivity contribution in [3.8, 4) is 0 Å². The van der Waals surface area contributed by atoms with E-state index in [9.17, 15) is 14.4 Å². The van der Waals surface area contributed by atoms with Crippen molar-refractivity contribution >= 4 is 17.7 Å². The van der Waals surface area contributed by atoms with E-state index in [0.29, 0.717) is 30.8 Å². The summed E-state index contributed by atoms with van der Waals surface area (Å²) in [5.74, 6) is -0.607. The molecule has 2 heterocycles. The lowest BCUT2D eigenvalue weighted by Gasteiger charge is -2.33. The van der Waals surface area contributed by atoms with Crippen molar-refractivity contribution in [2.75, 3.05) is 26.2 Å². The molecule has 0 aliphatic carbocycles. The topological polar surface area (TPSA) is 66.9 Å². The van der Waals surface area contributed by atoms with Gasteiger partial charge in [-0.15, -0.1) is 0 Å². The first kappa shape index (κ1) is 13.8.